The fraction of sp³-hybridized carbons (Fsp3) is 0.765. The van der Waals surface area contributed by atoms with E-state index in [1.165, 1.54) is 38.8 Å². The van der Waals surface area contributed by atoms with Gasteiger partial charge < -0.3 is 20.4 Å². The Balaban J connectivity index is 1.35. The van der Waals surface area contributed by atoms with E-state index in [9.17, 15) is 0 Å². The molecule has 3 rings (SSSR count). The average Bonchev–Trinajstić information content (AvgIpc) is 3.03. The fourth-order valence-corrected chi connectivity index (χ4v) is 4.14. The Kier molecular flexibility index (Phi) is 6.72. The molecule has 2 fully saturated rings. The molecule has 0 radical (unpaired) electrons. The van der Waals surface area contributed by atoms with E-state index in [1.54, 1.807) is 11.3 Å². The average molecular weight is 351 g/mol. The number of rotatable bonds is 5. The van der Waals surface area contributed by atoms with Crippen molar-refractivity contribution in [2.75, 3.05) is 57.3 Å². The minimum atomic E-state index is 0.713. The Morgan fingerprint density at radius 1 is 1.08 bits per heavy atom. The minimum Gasteiger partial charge on any atom is -0.370 e. The third-order valence-corrected chi connectivity index (χ3v) is 5.73. The van der Waals surface area contributed by atoms with E-state index in [2.05, 4.69) is 24.7 Å². The van der Waals surface area contributed by atoms with Crippen LogP contribution in [0.1, 0.15) is 32.1 Å². The summed E-state index contributed by atoms with van der Waals surface area (Å²) < 4.78 is 0. The zero-order valence-electron chi connectivity index (χ0n) is 14.6. The van der Waals surface area contributed by atoms with E-state index in [1.807, 2.05) is 11.6 Å². The van der Waals surface area contributed by atoms with Crippen molar-refractivity contribution < 1.29 is 0 Å². The molecule has 0 aliphatic carbocycles. The number of piperazine rings is 1. The molecule has 3 heterocycles. The van der Waals surface area contributed by atoms with Gasteiger partial charge in [-0.05, 0) is 38.9 Å². The number of hydrogen-bond donors (Lipinski definition) is 1. The lowest BCUT2D eigenvalue weighted by Crippen LogP contribution is -2.51. The van der Waals surface area contributed by atoms with E-state index in [0.717, 1.165) is 50.8 Å². The van der Waals surface area contributed by atoms with Crippen molar-refractivity contribution in [3.05, 3.63) is 11.6 Å². The zero-order valence-corrected chi connectivity index (χ0v) is 15.4. The van der Waals surface area contributed by atoms with Gasteiger partial charge in [-0.15, -0.1) is 11.3 Å². The molecule has 1 aromatic heterocycles. The van der Waals surface area contributed by atoms with Gasteiger partial charge in [0, 0.05) is 44.3 Å². The lowest BCUT2D eigenvalue weighted by molar-refractivity contribution is 0.283. The number of anilines is 1. The van der Waals surface area contributed by atoms with Gasteiger partial charge in [-0.1, -0.05) is 12.8 Å². The van der Waals surface area contributed by atoms with Gasteiger partial charge >= 0.3 is 0 Å². The van der Waals surface area contributed by atoms with Gasteiger partial charge in [0.1, 0.15) is 0 Å². The van der Waals surface area contributed by atoms with Crippen molar-refractivity contribution in [2.24, 2.45) is 10.7 Å². The first-order valence-corrected chi connectivity index (χ1v) is 10.1. The van der Waals surface area contributed by atoms with Crippen LogP contribution in [0.15, 0.2) is 16.6 Å². The highest BCUT2D eigenvalue weighted by molar-refractivity contribution is 7.13. The summed E-state index contributed by atoms with van der Waals surface area (Å²) in [6, 6.07) is 0. The van der Waals surface area contributed by atoms with Gasteiger partial charge in [0.15, 0.2) is 11.1 Å². The number of likely N-dealkylation sites (tertiary alicyclic amines) is 1. The highest BCUT2D eigenvalue weighted by Gasteiger charge is 2.19. The number of thiazole rings is 1. The topological polar surface area (TPSA) is 61.0 Å². The summed E-state index contributed by atoms with van der Waals surface area (Å²) in [6.07, 6.45) is 8.49. The molecule has 2 aliphatic rings. The third-order valence-electron chi connectivity index (χ3n) is 4.90. The highest BCUT2D eigenvalue weighted by atomic mass is 32.1. The van der Waals surface area contributed by atoms with Gasteiger partial charge in [0.25, 0.3) is 0 Å². The molecule has 7 heteroatoms. The number of aromatic nitrogens is 1. The van der Waals surface area contributed by atoms with E-state index in [-0.39, 0.29) is 0 Å². The number of aliphatic imine (C=N–C) groups is 1. The molecule has 134 valence electrons. The Morgan fingerprint density at radius 2 is 1.83 bits per heavy atom. The number of nitrogens with zero attached hydrogens (tertiary/aromatic N) is 5. The summed E-state index contributed by atoms with van der Waals surface area (Å²) in [5.41, 5.74) is 6.19. The molecule has 1 aromatic rings. The smallest absolute Gasteiger partial charge is 0.191 e. The molecule has 2 saturated heterocycles. The van der Waals surface area contributed by atoms with Crippen LogP contribution in [0, 0.1) is 0 Å². The standard InChI is InChI=1S/C17H30N6S/c18-16(19-6-5-10-21-8-3-1-2-4-9-21)22-11-13-23(14-12-22)17-20-7-15-24-17/h7,15H,1-6,8-14H2,(H2,18,19). The maximum Gasteiger partial charge on any atom is 0.191 e. The summed E-state index contributed by atoms with van der Waals surface area (Å²) in [5.74, 6) is 0.713. The predicted octanol–water partition coefficient (Wildman–Crippen LogP) is 1.85. The van der Waals surface area contributed by atoms with Crippen molar-refractivity contribution in [1.82, 2.24) is 14.8 Å². The van der Waals surface area contributed by atoms with Crippen LogP contribution in [-0.2, 0) is 0 Å². The first-order chi connectivity index (χ1) is 11.8. The van der Waals surface area contributed by atoms with Gasteiger partial charge in [-0.3, -0.25) is 4.99 Å². The molecule has 24 heavy (non-hydrogen) atoms. The van der Waals surface area contributed by atoms with E-state index >= 15 is 0 Å². The van der Waals surface area contributed by atoms with Crippen LogP contribution in [0.2, 0.25) is 0 Å². The molecule has 0 atom stereocenters. The molecular formula is C17H30N6S. The van der Waals surface area contributed by atoms with Gasteiger partial charge in [-0.25, -0.2) is 4.98 Å². The fourth-order valence-electron chi connectivity index (χ4n) is 3.45. The van der Waals surface area contributed by atoms with E-state index < -0.39 is 0 Å². The largest absolute Gasteiger partial charge is 0.370 e. The van der Waals surface area contributed by atoms with Crippen LogP contribution < -0.4 is 10.6 Å². The Hall–Kier alpha value is -1.34. The monoisotopic (exact) mass is 350 g/mol. The van der Waals surface area contributed by atoms with Crippen molar-refractivity contribution in [3.63, 3.8) is 0 Å². The second-order valence-corrected chi connectivity index (χ2v) is 7.51. The van der Waals surface area contributed by atoms with Crippen LogP contribution in [0.4, 0.5) is 5.13 Å². The Labute approximate surface area is 149 Å². The lowest BCUT2D eigenvalue weighted by atomic mass is 10.2. The molecule has 0 saturated carbocycles. The minimum absolute atomic E-state index is 0.713. The van der Waals surface area contributed by atoms with E-state index in [4.69, 9.17) is 5.73 Å². The molecule has 0 aromatic carbocycles. The summed E-state index contributed by atoms with van der Waals surface area (Å²) in [7, 11) is 0. The van der Waals surface area contributed by atoms with Gasteiger partial charge in [-0.2, -0.15) is 0 Å². The maximum absolute atomic E-state index is 6.19. The first-order valence-electron chi connectivity index (χ1n) is 9.24. The van der Waals surface area contributed by atoms with Crippen LogP contribution in [0.5, 0.6) is 0 Å². The quantitative estimate of drug-likeness (QED) is 0.499. The molecule has 6 nitrogen and oxygen atoms in total. The number of hydrogen-bond acceptors (Lipinski definition) is 5. The second-order valence-electron chi connectivity index (χ2n) is 6.64. The van der Waals surface area contributed by atoms with Crippen LogP contribution >= 0.6 is 11.3 Å². The molecule has 2 aliphatic heterocycles. The summed E-state index contributed by atoms with van der Waals surface area (Å²) >= 11 is 1.70. The van der Waals surface area contributed by atoms with Crippen molar-refractivity contribution in [3.8, 4) is 0 Å². The van der Waals surface area contributed by atoms with Crippen molar-refractivity contribution in [1.29, 1.82) is 0 Å². The molecular weight excluding hydrogens is 320 g/mol. The van der Waals surface area contributed by atoms with Crippen LogP contribution in [0.3, 0.4) is 0 Å². The molecule has 0 bridgehead atoms. The molecule has 0 spiro atoms. The highest BCUT2D eigenvalue weighted by Crippen LogP contribution is 2.18. The summed E-state index contributed by atoms with van der Waals surface area (Å²) in [5, 5.41) is 3.14. The molecule has 0 unspecified atom stereocenters. The van der Waals surface area contributed by atoms with E-state index in [0.29, 0.717) is 5.96 Å². The van der Waals surface area contributed by atoms with Crippen molar-refractivity contribution >= 4 is 22.4 Å². The summed E-state index contributed by atoms with van der Waals surface area (Å²) in [4.78, 5) is 16.1. The zero-order chi connectivity index (χ0) is 16.6. The Bertz CT molecular complexity index is 487. The van der Waals surface area contributed by atoms with Gasteiger partial charge in [0.2, 0.25) is 0 Å². The Morgan fingerprint density at radius 3 is 2.50 bits per heavy atom. The summed E-state index contributed by atoms with van der Waals surface area (Å²) in [6.45, 7) is 8.33. The normalized spacial score (nSPS) is 21.1. The SMILES string of the molecule is NC(=NCCCN1CCCCCC1)N1CCN(c2nccs2)CC1. The van der Waals surface area contributed by atoms with Crippen LogP contribution in [0.25, 0.3) is 0 Å². The number of guanidine groups is 1. The van der Waals surface area contributed by atoms with Crippen LogP contribution in [-0.4, -0.2) is 73.1 Å². The molecule has 2 N–H and O–H groups in total. The third kappa shape index (κ3) is 5.08. The second kappa shape index (κ2) is 9.22. The molecule has 0 amide bonds. The number of nitrogens with two attached hydrogens (primary N) is 1. The first kappa shape index (κ1) is 17.5. The van der Waals surface area contributed by atoms with Crippen molar-refractivity contribution in [2.45, 2.75) is 32.1 Å². The predicted molar refractivity (Wildman–Crippen MR) is 102 cm³/mol. The lowest BCUT2D eigenvalue weighted by Gasteiger charge is -2.35. The maximum atomic E-state index is 6.19. The van der Waals surface area contributed by atoms with Gasteiger partial charge in [0.05, 0.1) is 0 Å².